The van der Waals surface area contributed by atoms with Gasteiger partial charge in [0.25, 0.3) is 0 Å². The van der Waals surface area contributed by atoms with Crippen molar-refractivity contribution in [2.45, 2.75) is 46.0 Å². The average molecular weight is 296 g/mol. The molecule has 0 spiro atoms. The number of fused-ring (bicyclic) bond motifs is 4. The lowest BCUT2D eigenvalue weighted by Crippen LogP contribution is -2.32. The molecule has 0 atom stereocenters. The van der Waals surface area contributed by atoms with Crippen molar-refractivity contribution in [2.24, 2.45) is 11.8 Å². The van der Waals surface area contributed by atoms with Gasteiger partial charge in [-0.3, -0.25) is 4.79 Å². The molecule has 1 aliphatic carbocycles. The number of rotatable bonds is 8. The van der Waals surface area contributed by atoms with E-state index in [0.29, 0.717) is 13.0 Å². The first-order valence-electron chi connectivity index (χ1n) is 8.81. The smallest absolute Gasteiger partial charge is 0.307 e. The third kappa shape index (κ3) is 5.59. The summed E-state index contributed by atoms with van der Waals surface area (Å²) in [5.74, 6) is 1.73. The van der Waals surface area contributed by atoms with Crippen LogP contribution in [0, 0.1) is 11.8 Å². The Kier molecular flexibility index (Phi) is 6.97. The molecular formula is C17H32N2O2. The summed E-state index contributed by atoms with van der Waals surface area (Å²) in [6, 6.07) is 0. The zero-order chi connectivity index (χ0) is 15.1. The van der Waals surface area contributed by atoms with Crippen molar-refractivity contribution in [3.63, 3.8) is 0 Å². The maximum Gasteiger partial charge on any atom is 0.307 e. The molecule has 0 N–H and O–H groups in total. The molecule has 2 aliphatic heterocycles. The van der Waals surface area contributed by atoms with E-state index >= 15 is 0 Å². The van der Waals surface area contributed by atoms with E-state index in [-0.39, 0.29) is 5.97 Å². The summed E-state index contributed by atoms with van der Waals surface area (Å²) in [6.07, 6.45) is 6.15. The number of carbonyl (C=O) groups is 1. The lowest BCUT2D eigenvalue weighted by atomic mass is 9.84. The molecule has 2 bridgehead atoms. The Morgan fingerprint density at radius 1 is 1.10 bits per heavy atom. The molecule has 0 aromatic rings. The van der Waals surface area contributed by atoms with Gasteiger partial charge in [0.2, 0.25) is 0 Å². The Bertz CT molecular complexity index is 296. The number of hydrogen-bond acceptors (Lipinski definition) is 4. The van der Waals surface area contributed by atoms with Crippen LogP contribution in [-0.4, -0.2) is 61.6 Å². The van der Waals surface area contributed by atoms with Crippen LogP contribution in [0.1, 0.15) is 46.0 Å². The van der Waals surface area contributed by atoms with Crippen LogP contribution in [0.2, 0.25) is 0 Å². The maximum atomic E-state index is 11.8. The van der Waals surface area contributed by atoms with Crippen LogP contribution in [0.3, 0.4) is 0 Å². The molecule has 3 rings (SSSR count). The van der Waals surface area contributed by atoms with Crippen molar-refractivity contribution in [3.8, 4) is 0 Å². The predicted octanol–water partition coefficient (Wildman–Crippen LogP) is 2.38. The second-order valence-electron chi connectivity index (χ2n) is 6.64. The fourth-order valence-electron chi connectivity index (χ4n) is 3.73. The molecule has 0 unspecified atom stereocenters. The van der Waals surface area contributed by atoms with Crippen LogP contribution in [-0.2, 0) is 9.53 Å². The van der Waals surface area contributed by atoms with Crippen molar-refractivity contribution >= 4 is 5.97 Å². The van der Waals surface area contributed by atoms with Gasteiger partial charge in [-0.2, -0.15) is 0 Å². The van der Waals surface area contributed by atoms with Gasteiger partial charge in [0.15, 0.2) is 0 Å². The first-order valence-corrected chi connectivity index (χ1v) is 8.81. The molecule has 3 fully saturated rings. The van der Waals surface area contributed by atoms with E-state index < -0.39 is 0 Å². The molecule has 0 aromatic carbocycles. The number of esters is 1. The van der Waals surface area contributed by atoms with Crippen LogP contribution in [0.4, 0.5) is 0 Å². The molecule has 122 valence electrons. The molecule has 1 saturated carbocycles. The van der Waals surface area contributed by atoms with Gasteiger partial charge in [-0.1, -0.05) is 13.8 Å². The minimum Gasteiger partial charge on any atom is -0.464 e. The highest BCUT2D eigenvalue weighted by molar-refractivity contribution is 5.69. The highest BCUT2D eigenvalue weighted by atomic mass is 16.5. The van der Waals surface area contributed by atoms with Crippen molar-refractivity contribution < 1.29 is 9.53 Å². The van der Waals surface area contributed by atoms with Crippen molar-refractivity contribution in [2.75, 3.05) is 45.9 Å². The highest BCUT2D eigenvalue weighted by Crippen LogP contribution is 2.33. The molecule has 0 amide bonds. The predicted molar refractivity (Wildman–Crippen MR) is 85.3 cm³/mol. The number of likely N-dealkylation sites (N-methyl/N-ethyl adjacent to an activating group) is 1. The Morgan fingerprint density at radius 2 is 1.67 bits per heavy atom. The molecule has 3 aliphatic rings. The minimum atomic E-state index is -0.0289. The molecule has 0 aromatic heterocycles. The van der Waals surface area contributed by atoms with E-state index in [2.05, 4.69) is 23.6 Å². The van der Waals surface area contributed by atoms with Crippen molar-refractivity contribution in [1.29, 1.82) is 0 Å². The molecule has 4 heteroatoms. The summed E-state index contributed by atoms with van der Waals surface area (Å²) in [5.41, 5.74) is 0. The first kappa shape index (κ1) is 16.8. The van der Waals surface area contributed by atoms with Crippen molar-refractivity contribution in [3.05, 3.63) is 0 Å². The molecule has 2 heterocycles. The summed E-state index contributed by atoms with van der Waals surface area (Å²) in [5, 5.41) is 0. The molecule has 4 nitrogen and oxygen atoms in total. The SMILES string of the molecule is CCN(CC)CCOC(=O)CCN1CC2CCC(CC2)C1. The van der Waals surface area contributed by atoms with E-state index in [0.717, 1.165) is 38.0 Å². The summed E-state index contributed by atoms with van der Waals surface area (Å²) in [7, 11) is 0. The summed E-state index contributed by atoms with van der Waals surface area (Å²) < 4.78 is 5.36. The topological polar surface area (TPSA) is 32.8 Å². The molecule has 21 heavy (non-hydrogen) atoms. The van der Waals surface area contributed by atoms with E-state index in [1.807, 2.05) is 0 Å². The van der Waals surface area contributed by atoms with Crippen molar-refractivity contribution in [1.82, 2.24) is 9.80 Å². The fourth-order valence-corrected chi connectivity index (χ4v) is 3.73. The van der Waals surface area contributed by atoms with Gasteiger partial charge < -0.3 is 14.5 Å². The number of hydrogen-bond donors (Lipinski definition) is 0. The Morgan fingerprint density at radius 3 is 2.19 bits per heavy atom. The molecular weight excluding hydrogens is 264 g/mol. The number of carbonyl (C=O) groups excluding carboxylic acids is 1. The first-order chi connectivity index (χ1) is 10.2. The molecule has 2 saturated heterocycles. The van der Waals surface area contributed by atoms with Gasteiger partial charge in [-0.25, -0.2) is 0 Å². The largest absolute Gasteiger partial charge is 0.464 e. The zero-order valence-corrected chi connectivity index (χ0v) is 13.9. The Balaban J connectivity index is 1.60. The lowest BCUT2D eigenvalue weighted by molar-refractivity contribution is -0.144. The van der Waals surface area contributed by atoms with Crippen LogP contribution < -0.4 is 0 Å². The van der Waals surface area contributed by atoms with E-state index in [1.54, 1.807) is 0 Å². The summed E-state index contributed by atoms with van der Waals surface area (Å²) >= 11 is 0. The van der Waals surface area contributed by atoms with Gasteiger partial charge in [-0.15, -0.1) is 0 Å². The Labute approximate surface area is 129 Å². The van der Waals surface area contributed by atoms with Crippen LogP contribution in [0.15, 0.2) is 0 Å². The highest BCUT2D eigenvalue weighted by Gasteiger charge is 2.29. The van der Waals surface area contributed by atoms with Crippen LogP contribution >= 0.6 is 0 Å². The maximum absolute atomic E-state index is 11.8. The van der Waals surface area contributed by atoms with Gasteiger partial charge in [0, 0.05) is 26.2 Å². The minimum absolute atomic E-state index is 0.0289. The fraction of sp³-hybridized carbons (Fsp3) is 0.941. The monoisotopic (exact) mass is 296 g/mol. The van der Waals surface area contributed by atoms with E-state index in [1.165, 1.54) is 38.8 Å². The number of nitrogens with zero attached hydrogens (tertiary/aromatic N) is 2. The zero-order valence-electron chi connectivity index (χ0n) is 13.9. The summed E-state index contributed by atoms with van der Waals surface area (Å²) in [6.45, 7) is 11.0. The third-order valence-corrected chi connectivity index (χ3v) is 5.20. The average Bonchev–Trinajstić information content (AvgIpc) is 2.82. The lowest BCUT2D eigenvalue weighted by Gasteiger charge is -2.22. The van der Waals surface area contributed by atoms with Gasteiger partial charge in [0.05, 0.1) is 6.42 Å². The Hall–Kier alpha value is -0.610. The normalized spacial score (nSPS) is 26.0. The van der Waals surface area contributed by atoms with E-state index in [9.17, 15) is 4.79 Å². The standard InChI is InChI=1S/C17H32N2O2/c1-3-18(4-2)11-12-21-17(20)9-10-19-13-15-5-6-16(14-19)8-7-15/h15-16H,3-14H2,1-2H3. The van der Waals surface area contributed by atoms with Gasteiger partial charge in [0.1, 0.15) is 6.61 Å². The quantitative estimate of drug-likeness (QED) is 0.644. The van der Waals surface area contributed by atoms with Gasteiger partial charge in [-0.05, 0) is 50.6 Å². The second-order valence-corrected chi connectivity index (χ2v) is 6.64. The van der Waals surface area contributed by atoms with Gasteiger partial charge >= 0.3 is 5.97 Å². The van der Waals surface area contributed by atoms with Crippen LogP contribution in [0.5, 0.6) is 0 Å². The molecule has 0 radical (unpaired) electrons. The third-order valence-electron chi connectivity index (χ3n) is 5.20. The van der Waals surface area contributed by atoms with E-state index in [4.69, 9.17) is 4.74 Å². The van der Waals surface area contributed by atoms with Crippen LogP contribution in [0.25, 0.3) is 0 Å². The second kappa shape index (κ2) is 8.74. The number of ether oxygens (including phenoxy) is 1. The summed E-state index contributed by atoms with van der Waals surface area (Å²) in [4.78, 5) is 16.6.